The number of nitrogens with zero attached hydrogens (tertiary/aromatic N) is 1. The molecule has 1 aliphatic heterocycles. The van der Waals surface area contributed by atoms with Crippen LogP contribution in [0.4, 0.5) is 0 Å². The summed E-state index contributed by atoms with van der Waals surface area (Å²) in [6, 6.07) is 0. The highest BCUT2D eigenvalue weighted by Crippen LogP contribution is 2.67. The Kier molecular flexibility index (Phi) is 6.50. The van der Waals surface area contributed by atoms with Gasteiger partial charge in [0, 0.05) is 26.0 Å². The predicted octanol–water partition coefficient (Wildman–Crippen LogP) is 6.02. The summed E-state index contributed by atoms with van der Waals surface area (Å²) in [5.74, 6) is 2.95. The first kappa shape index (κ1) is 26.0. The molecule has 0 aromatic rings. The van der Waals surface area contributed by atoms with Crippen LogP contribution in [0.2, 0.25) is 0 Å². The Morgan fingerprint density at radius 1 is 1.06 bits per heavy atom. The predicted molar refractivity (Wildman–Crippen MR) is 141 cm³/mol. The number of ether oxygens (including phenoxy) is 1. The molecule has 36 heavy (non-hydrogen) atoms. The van der Waals surface area contributed by atoms with E-state index in [1.54, 1.807) is 12.5 Å². The van der Waals surface area contributed by atoms with Crippen LogP contribution in [0.5, 0.6) is 0 Å². The molecule has 200 valence electrons. The molecule has 4 aliphatic carbocycles. The summed E-state index contributed by atoms with van der Waals surface area (Å²) in [6.07, 6.45) is 14.6. The molecule has 0 spiro atoms. The van der Waals surface area contributed by atoms with Crippen LogP contribution in [0.25, 0.3) is 0 Å². The van der Waals surface area contributed by atoms with Crippen LogP contribution in [-0.4, -0.2) is 40.1 Å². The molecule has 5 heteroatoms. The molecule has 0 aromatic heterocycles. The molecule has 3 saturated carbocycles. The molecule has 5 nitrogen and oxygen atoms in total. The summed E-state index contributed by atoms with van der Waals surface area (Å²) in [5.41, 5.74) is 2.38. The lowest BCUT2D eigenvalue weighted by molar-refractivity contribution is -0.148. The molecule has 9 atom stereocenters. The molecule has 0 aromatic carbocycles. The van der Waals surface area contributed by atoms with Gasteiger partial charge in [-0.25, -0.2) is 0 Å². The average molecular weight is 498 g/mol. The van der Waals surface area contributed by atoms with Gasteiger partial charge in [0.25, 0.3) is 0 Å². The highest BCUT2D eigenvalue weighted by molar-refractivity contribution is 5.75. The second-order valence-electron chi connectivity index (χ2n) is 13.7. The Morgan fingerprint density at radius 2 is 1.81 bits per heavy atom. The third-order valence-corrected chi connectivity index (χ3v) is 11.5. The topological polar surface area (TPSA) is 66.8 Å². The van der Waals surface area contributed by atoms with Crippen molar-refractivity contribution in [3.05, 3.63) is 23.4 Å². The van der Waals surface area contributed by atoms with Crippen LogP contribution in [0.3, 0.4) is 0 Å². The van der Waals surface area contributed by atoms with Crippen molar-refractivity contribution in [2.75, 3.05) is 6.54 Å². The third kappa shape index (κ3) is 4.18. The van der Waals surface area contributed by atoms with Gasteiger partial charge in [0.2, 0.25) is 5.91 Å². The van der Waals surface area contributed by atoms with Crippen LogP contribution in [-0.2, 0) is 14.3 Å². The van der Waals surface area contributed by atoms with Crippen molar-refractivity contribution in [3.63, 3.8) is 0 Å². The second kappa shape index (κ2) is 8.99. The Morgan fingerprint density at radius 3 is 2.50 bits per heavy atom. The Labute approximate surface area is 217 Å². The van der Waals surface area contributed by atoms with E-state index in [1.165, 1.54) is 32.6 Å². The maximum absolute atomic E-state index is 12.6. The number of carbonyl (C=O) groups excluding carboxylic acids is 2. The molecule has 0 bridgehead atoms. The monoisotopic (exact) mass is 497 g/mol. The van der Waals surface area contributed by atoms with Gasteiger partial charge in [-0.05, 0) is 98.7 Å². The fraction of sp³-hybridized carbons (Fsp3) is 0.806. The van der Waals surface area contributed by atoms with Gasteiger partial charge in [0.15, 0.2) is 0 Å². The van der Waals surface area contributed by atoms with Crippen molar-refractivity contribution < 1.29 is 19.4 Å². The first-order valence-corrected chi connectivity index (χ1v) is 14.4. The molecule has 5 rings (SSSR count). The van der Waals surface area contributed by atoms with E-state index < -0.39 is 5.60 Å². The standard InChI is InChI=1S/C31H47NO4/c1-19(28-13-14-29(4,35)18-32(28)20(2)33)25-9-10-26-24-8-7-22-17-23(36-21(3)34)11-15-30(22,5)27(24)12-16-31(25,26)6/h7,13,19,23-27,35H,8-12,14-18H2,1-6H3/t19-,23-,24-,25+,26-,27-,29+,30-,31+/m0/s1. The van der Waals surface area contributed by atoms with Gasteiger partial charge in [-0.15, -0.1) is 0 Å². The fourth-order valence-corrected chi connectivity index (χ4v) is 9.69. The third-order valence-electron chi connectivity index (χ3n) is 11.5. The van der Waals surface area contributed by atoms with E-state index in [1.807, 2.05) is 11.8 Å². The first-order chi connectivity index (χ1) is 16.9. The minimum absolute atomic E-state index is 0.0405. The zero-order valence-electron chi connectivity index (χ0n) is 23.3. The maximum Gasteiger partial charge on any atom is 0.302 e. The Hall–Kier alpha value is -1.62. The van der Waals surface area contributed by atoms with Crippen LogP contribution in [0, 0.1) is 40.4 Å². The largest absolute Gasteiger partial charge is 0.462 e. The number of hydrogen-bond acceptors (Lipinski definition) is 4. The summed E-state index contributed by atoms with van der Waals surface area (Å²) in [7, 11) is 0. The highest BCUT2D eigenvalue weighted by atomic mass is 16.5. The van der Waals surface area contributed by atoms with E-state index in [0.29, 0.717) is 30.2 Å². The van der Waals surface area contributed by atoms with E-state index in [-0.39, 0.29) is 23.4 Å². The Bertz CT molecular complexity index is 981. The quantitative estimate of drug-likeness (QED) is 0.382. The van der Waals surface area contributed by atoms with Crippen molar-refractivity contribution in [3.8, 4) is 0 Å². The van der Waals surface area contributed by atoms with Gasteiger partial charge >= 0.3 is 5.97 Å². The zero-order chi connectivity index (χ0) is 26.0. The number of rotatable bonds is 3. The van der Waals surface area contributed by atoms with Gasteiger partial charge in [-0.1, -0.05) is 38.5 Å². The summed E-state index contributed by atoms with van der Waals surface area (Å²) >= 11 is 0. The number of hydrogen-bond donors (Lipinski definition) is 1. The summed E-state index contributed by atoms with van der Waals surface area (Å²) in [4.78, 5) is 26.0. The van der Waals surface area contributed by atoms with Crippen molar-refractivity contribution in [2.45, 2.75) is 111 Å². The molecule has 0 saturated heterocycles. The lowest BCUT2D eigenvalue weighted by atomic mass is 9.47. The van der Waals surface area contributed by atoms with Crippen molar-refractivity contribution in [2.24, 2.45) is 40.4 Å². The molecular formula is C31H47NO4. The van der Waals surface area contributed by atoms with Crippen LogP contribution >= 0.6 is 0 Å². The molecule has 0 radical (unpaired) electrons. The molecule has 1 heterocycles. The first-order valence-electron chi connectivity index (χ1n) is 14.4. The van der Waals surface area contributed by atoms with E-state index in [4.69, 9.17) is 4.74 Å². The van der Waals surface area contributed by atoms with Gasteiger partial charge in [-0.3, -0.25) is 9.59 Å². The number of β-amino-alcohol motifs (C(OH)–C–C–N with tert-alkyl or cyclic N) is 1. The van der Waals surface area contributed by atoms with Gasteiger partial charge in [0.1, 0.15) is 6.10 Å². The zero-order valence-corrected chi connectivity index (χ0v) is 23.3. The van der Waals surface area contributed by atoms with E-state index in [0.717, 1.165) is 49.1 Å². The normalized spacial score (nSPS) is 45.0. The number of carbonyl (C=O) groups is 2. The van der Waals surface area contributed by atoms with Crippen molar-refractivity contribution in [1.29, 1.82) is 0 Å². The Balaban J connectivity index is 1.37. The number of esters is 1. The van der Waals surface area contributed by atoms with E-state index in [2.05, 4.69) is 32.9 Å². The molecule has 5 aliphatic rings. The minimum atomic E-state index is -0.842. The molecular weight excluding hydrogens is 450 g/mol. The van der Waals surface area contributed by atoms with Crippen molar-refractivity contribution >= 4 is 11.9 Å². The summed E-state index contributed by atoms with van der Waals surface area (Å²) < 4.78 is 5.61. The SMILES string of the molecule is CC(=O)O[C@H]1CC[C@@]2(C)C(=CC[C@H]3[C@@H]4CC[C@H]([C@H](C)C5=CC[C@@](C)(O)CN5C(C)=O)[C@@]4(C)CC[C@@H]32)C1. The van der Waals surface area contributed by atoms with Crippen LogP contribution in [0.15, 0.2) is 23.4 Å². The number of aliphatic hydroxyl groups is 1. The molecule has 1 amide bonds. The average Bonchev–Trinajstić information content (AvgIpc) is 3.15. The number of allylic oxidation sites excluding steroid dienone is 2. The summed E-state index contributed by atoms with van der Waals surface area (Å²) in [5, 5.41) is 10.6. The smallest absolute Gasteiger partial charge is 0.302 e. The van der Waals surface area contributed by atoms with Crippen LogP contribution < -0.4 is 0 Å². The molecule has 3 fully saturated rings. The van der Waals surface area contributed by atoms with E-state index >= 15 is 0 Å². The minimum Gasteiger partial charge on any atom is -0.462 e. The van der Waals surface area contributed by atoms with E-state index in [9.17, 15) is 14.7 Å². The van der Waals surface area contributed by atoms with Crippen LogP contribution in [0.1, 0.15) is 99.3 Å². The van der Waals surface area contributed by atoms with Gasteiger partial charge < -0.3 is 14.7 Å². The molecule has 1 N–H and O–H groups in total. The van der Waals surface area contributed by atoms with Gasteiger partial charge in [-0.2, -0.15) is 0 Å². The summed E-state index contributed by atoms with van der Waals surface area (Å²) in [6.45, 7) is 12.8. The highest BCUT2D eigenvalue weighted by Gasteiger charge is 2.59. The van der Waals surface area contributed by atoms with Crippen molar-refractivity contribution in [1.82, 2.24) is 4.90 Å². The lowest BCUT2D eigenvalue weighted by Gasteiger charge is -2.58. The maximum atomic E-state index is 12.6. The second-order valence-corrected chi connectivity index (χ2v) is 13.7. The molecule has 0 unspecified atom stereocenters. The fourth-order valence-electron chi connectivity index (χ4n) is 9.69. The van der Waals surface area contributed by atoms with Gasteiger partial charge in [0.05, 0.1) is 12.1 Å². The number of fused-ring (bicyclic) bond motifs is 5. The lowest BCUT2D eigenvalue weighted by Crippen LogP contribution is -2.52. The number of amides is 1.